The highest BCUT2D eigenvalue weighted by Gasteiger charge is 2.23. The number of nitrogens with zero attached hydrogens (tertiary/aromatic N) is 4. The molecule has 7 nitrogen and oxygen atoms in total. The molecular formula is C18H21N5O2. The van der Waals surface area contributed by atoms with E-state index in [0.29, 0.717) is 37.8 Å². The van der Waals surface area contributed by atoms with Crippen LogP contribution in [0, 0.1) is 13.8 Å². The van der Waals surface area contributed by atoms with E-state index in [4.69, 9.17) is 0 Å². The lowest BCUT2D eigenvalue weighted by molar-refractivity contribution is -0.119. The van der Waals surface area contributed by atoms with Crippen molar-refractivity contribution in [3.63, 3.8) is 0 Å². The highest BCUT2D eigenvalue weighted by atomic mass is 16.2. The monoisotopic (exact) mass is 339 g/mol. The van der Waals surface area contributed by atoms with E-state index in [1.54, 1.807) is 15.9 Å². The van der Waals surface area contributed by atoms with E-state index in [2.05, 4.69) is 15.3 Å². The number of aryl methyl sites for hydroxylation is 2. The lowest BCUT2D eigenvalue weighted by Crippen LogP contribution is -2.48. The molecular weight excluding hydrogens is 318 g/mol. The van der Waals surface area contributed by atoms with Crippen molar-refractivity contribution in [2.45, 2.75) is 13.8 Å². The maximum absolute atomic E-state index is 12.7. The number of benzene rings is 1. The lowest BCUT2D eigenvalue weighted by Gasteiger charge is -2.32. The third kappa shape index (κ3) is 3.93. The average molecular weight is 339 g/mol. The Hall–Kier alpha value is -2.96. The Kier molecular flexibility index (Phi) is 4.92. The van der Waals surface area contributed by atoms with Crippen LogP contribution in [0.15, 0.2) is 30.3 Å². The molecule has 0 saturated carbocycles. The van der Waals surface area contributed by atoms with Crippen LogP contribution in [0.2, 0.25) is 0 Å². The summed E-state index contributed by atoms with van der Waals surface area (Å²) in [6.07, 6.45) is 0.820. The van der Waals surface area contributed by atoms with E-state index < -0.39 is 0 Å². The molecule has 130 valence electrons. The Morgan fingerprint density at radius 3 is 2.52 bits per heavy atom. The van der Waals surface area contributed by atoms with E-state index >= 15 is 0 Å². The minimum atomic E-state index is -0.135. The number of amides is 2. The van der Waals surface area contributed by atoms with Gasteiger partial charge >= 0.3 is 0 Å². The second-order valence-electron chi connectivity index (χ2n) is 6.09. The molecule has 0 radical (unpaired) electrons. The van der Waals surface area contributed by atoms with Crippen LogP contribution in [-0.2, 0) is 4.79 Å². The molecule has 1 aliphatic heterocycles. The average Bonchev–Trinajstić information content (AvgIpc) is 2.62. The lowest BCUT2D eigenvalue weighted by atomic mass is 10.2. The molecule has 0 spiro atoms. The summed E-state index contributed by atoms with van der Waals surface area (Å²) in [5.74, 6) is 0.271. The number of nitrogens with one attached hydrogen (secondary N) is 1. The first-order valence-electron chi connectivity index (χ1n) is 8.24. The van der Waals surface area contributed by atoms with Crippen LogP contribution in [0.4, 0.5) is 11.6 Å². The van der Waals surface area contributed by atoms with E-state index in [1.807, 2.05) is 38.1 Å². The van der Waals surface area contributed by atoms with Crippen molar-refractivity contribution >= 4 is 24.0 Å². The molecule has 2 amide bonds. The number of carbonyl (C=O) groups excluding carboxylic acids is 2. The molecule has 2 heterocycles. The van der Waals surface area contributed by atoms with Gasteiger partial charge in [-0.3, -0.25) is 9.59 Å². The maximum Gasteiger partial charge on any atom is 0.272 e. The molecule has 1 aromatic heterocycles. The summed E-state index contributed by atoms with van der Waals surface area (Å²) in [6, 6.07) is 9.53. The molecule has 1 N–H and O–H groups in total. The molecule has 1 saturated heterocycles. The van der Waals surface area contributed by atoms with Crippen LogP contribution < -0.4 is 5.32 Å². The molecule has 25 heavy (non-hydrogen) atoms. The minimum absolute atomic E-state index is 0.135. The fourth-order valence-electron chi connectivity index (χ4n) is 2.76. The van der Waals surface area contributed by atoms with Crippen LogP contribution in [0.5, 0.6) is 0 Å². The van der Waals surface area contributed by atoms with Gasteiger partial charge in [0.15, 0.2) is 0 Å². The van der Waals surface area contributed by atoms with Crippen LogP contribution in [-0.4, -0.2) is 58.3 Å². The largest absolute Gasteiger partial charge is 0.342 e. The van der Waals surface area contributed by atoms with E-state index in [0.717, 1.165) is 23.4 Å². The van der Waals surface area contributed by atoms with Gasteiger partial charge in [0.2, 0.25) is 12.4 Å². The summed E-state index contributed by atoms with van der Waals surface area (Å²) >= 11 is 0. The maximum atomic E-state index is 12.7. The van der Waals surface area contributed by atoms with Crippen molar-refractivity contribution in [3.8, 4) is 0 Å². The second kappa shape index (κ2) is 7.29. The normalized spacial score (nSPS) is 14.3. The number of hydrogen-bond acceptors (Lipinski definition) is 5. The zero-order chi connectivity index (χ0) is 17.8. The number of para-hydroxylation sites is 1. The number of piperazine rings is 1. The summed E-state index contributed by atoms with van der Waals surface area (Å²) in [5, 5.41) is 3.18. The van der Waals surface area contributed by atoms with Gasteiger partial charge in [0, 0.05) is 37.6 Å². The standard InChI is InChI=1S/C18H21N5O2/c1-13-5-3-4-6-15(13)20-18-19-14(2)11-16(21-18)17(25)23-9-7-22(12-24)8-10-23/h3-6,11-12H,7-10H2,1-2H3,(H,19,20,21). The summed E-state index contributed by atoms with van der Waals surface area (Å²) in [6.45, 7) is 5.96. The van der Waals surface area contributed by atoms with Crippen molar-refractivity contribution in [1.29, 1.82) is 0 Å². The van der Waals surface area contributed by atoms with Gasteiger partial charge in [-0.1, -0.05) is 18.2 Å². The predicted molar refractivity (Wildman–Crippen MR) is 94.8 cm³/mol. The highest BCUT2D eigenvalue weighted by Crippen LogP contribution is 2.18. The SMILES string of the molecule is Cc1cc(C(=O)N2CCN(C=O)CC2)nc(Nc2ccccc2C)n1. The van der Waals surface area contributed by atoms with Gasteiger partial charge in [-0.05, 0) is 31.5 Å². The molecule has 3 rings (SSSR count). The molecule has 1 aliphatic rings. The Morgan fingerprint density at radius 2 is 1.84 bits per heavy atom. The highest BCUT2D eigenvalue weighted by molar-refractivity contribution is 5.93. The summed E-state index contributed by atoms with van der Waals surface area (Å²) < 4.78 is 0. The zero-order valence-electron chi connectivity index (χ0n) is 14.4. The quantitative estimate of drug-likeness (QED) is 0.859. The minimum Gasteiger partial charge on any atom is -0.342 e. The van der Waals surface area contributed by atoms with Gasteiger partial charge in [0.05, 0.1) is 0 Å². The molecule has 2 aromatic rings. The van der Waals surface area contributed by atoms with Gasteiger partial charge in [0.1, 0.15) is 5.69 Å². The van der Waals surface area contributed by atoms with Crippen molar-refractivity contribution < 1.29 is 9.59 Å². The third-order valence-electron chi connectivity index (χ3n) is 4.22. The first-order valence-corrected chi connectivity index (χ1v) is 8.24. The first-order chi connectivity index (χ1) is 12.1. The number of aromatic nitrogens is 2. The Bertz CT molecular complexity index is 785. The topological polar surface area (TPSA) is 78.4 Å². The number of anilines is 2. The van der Waals surface area contributed by atoms with Crippen molar-refractivity contribution in [1.82, 2.24) is 19.8 Å². The van der Waals surface area contributed by atoms with Crippen LogP contribution >= 0.6 is 0 Å². The third-order valence-corrected chi connectivity index (χ3v) is 4.22. The molecule has 1 aromatic carbocycles. The first kappa shape index (κ1) is 16.9. The van der Waals surface area contributed by atoms with E-state index in [1.165, 1.54) is 0 Å². The molecule has 0 atom stereocenters. The number of hydrogen-bond donors (Lipinski definition) is 1. The van der Waals surface area contributed by atoms with Gasteiger partial charge < -0.3 is 15.1 Å². The van der Waals surface area contributed by atoms with Gasteiger partial charge in [-0.25, -0.2) is 9.97 Å². The Labute approximate surface area is 146 Å². The van der Waals surface area contributed by atoms with Crippen LogP contribution in [0.3, 0.4) is 0 Å². The Morgan fingerprint density at radius 1 is 1.12 bits per heavy atom. The van der Waals surface area contributed by atoms with Crippen molar-refractivity contribution in [2.75, 3.05) is 31.5 Å². The second-order valence-corrected chi connectivity index (χ2v) is 6.09. The summed E-state index contributed by atoms with van der Waals surface area (Å²) in [7, 11) is 0. The molecule has 7 heteroatoms. The van der Waals surface area contributed by atoms with E-state index in [-0.39, 0.29) is 5.91 Å². The molecule has 1 fully saturated rings. The summed E-state index contributed by atoms with van der Waals surface area (Å²) in [4.78, 5) is 35.7. The Balaban J connectivity index is 1.78. The van der Waals surface area contributed by atoms with Gasteiger partial charge in [-0.2, -0.15) is 0 Å². The number of carbonyl (C=O) groups is 2. The van der Waals surface area contributed by atoms with E-state index in [9.17, 15) is 9.59 Å². The molecule has 0 unspecified atom stereocenters. The number of rotatable bonds is 4. The fraction of sp³-hybridized carbons (Fsp3) is 0.333. The predicted octanol–water partition coefficient (Wildman–Crippen LogP) is 1.75. The van der Waals surface area contributed by atoms with Crippen molar-refractivity contribution in [2.24, 2.45) is 0 Å². The fourth-order valence-corrected chi connectivity index (χ4v) is 2.76. The van der Waals surface area contributed by atoms with Crippen LogP contribution in [0.1, 0.15) is 21.7 Å². The van der Waals surface area contributed by atoms with Gasteiger partial charge in [0.25, 0.3) is 5.91 Å². The molecule has 0 aliphatic carbocycles. The zero-order valence-corrected chi connectivity index (χ0v) is 14.4. The molecule has 0 bridgehead atoms. The summed E-state index contributed by atoms with van der Waals surface area (Å²) in [5.41, 5.74) is 3.07. The van der Waals surface area contributed by atoms with Gasteiger partial charge in [-0.15, -0.1) is 0 Å². The van der Waals surface area contributed by atoms with Crippen molar-refractivity contribution in [3.05, 3.63) is 47.3 Å². The smallest absolute Gasteiger partial charge is 0.272 e. The van der Waals surface area contributed by atoms with Crippen LogP contribution in [0.25, 0.3) is 0 Å².